The van der Waals surface area contributed by atoms with E-state index in [-0.39, 0.29) is 11.8 Å². The average molecular weight is 391 g/mol. The molecule has 0 saturated heterocycles. The topological polar surface area (TPSA) is 96.9 Å². The van der Waals surface area contributed by atoms with Crippen LogP contribution in [0.15, 0.2) is 36.4 Å². The van der Waals surface area contributed by atoms with Crippen molar-refractivity contribution in [2.75, 3.05) is 10.6 Å². The van der Waals surface area contributed by atoms with Gasteiger partial charge in [0.2, 0.25) is 5.91 Å². The van der Waals surface area contributed by atoms with Crippen LogP contribution in [0.1, 0.15) is 28.7 Å². The Bertz CT molecular complexity index is 1250. The first-order chi connectivity index (χ1) is 13.4. The van der Waals surface area contributed by atoms with Crippen LogP contribution < -0.4 is 10.6 Å². The minimum atomic E-state index is -0.261. The highest BCUT2D eigenvalue weighted by Gasteiger charge is 2.12. The molecule has 28 heavy (non-hydrogen) atoms. The van der Waals surface area contributed by atoms with E-state index >= 15 is 0 Å². The van der Waals surface area contributed by atoms with E-state index in [1.165, 1.54) is 18.3 Å². The fourth-order valence-electron chi connectivity index (χ4n) is 2.80. The summed E-state index contributed by atoms with van der Waals surface area (Å²) >= 11 is 1.35. The van der Waals surface area contributed by atoms with Gasteiger partial charge in [-0.1, -0.05) is 11.3 Å². The van der Waals surface area contributed by atoms with Crippen LogP contribution >= 0.6 is 11.3 Å². The summed E-state index contributed by atoms with van der Waals surface area (Å²) in [5.41, 5.74) is 5.09. The van der Waals surface area contributed by atoms with Crippen molar-refractivity contribution >= 4 is 55.2 Å². The summed E-state index contributed by atoms with van der Waals surface area (Å²) in [5, 5.41) is 6.06. The van der Waals surface area contributed by atoms with Crippen LogP contribution in [0.25, 0.3) is 21.3 Å². The summed E-state index contributed by atoms with van der Waals surface area (Å²) in [6, 6.07) is 10.7. The van der Waals surface area contributed by atoms with E-state index in [4.69, 9.17) is 0 Å². The number of nitrogens with one attached hydrogen (secondary N) is 2. The predicted molar refractivity (Wildman–Crippen MR) is 111 cm³/mol. The fraction of sp³-hybridized carbons (Fsp3) is 0.150. The van der Waals surface area contributed by atoms with Crippen LogP contribution in [-0.4, -0.2) is 26.8 Å². The van der Waals surface area contributed by atoms with Gasteiger partial charge in [-0.05, 0) is 50.2 Å². The highest BCUT2D eigenvalue weighted by Crippen LogP contribution is 2.29. The molecule has 0 bridgehead atoms. The molecule has 4 aromatic rings. The van der Waals surface area contributed by atoms with Gasteiger partial charge in [0.25, 0.3) is 5.91 Å². The highest BCUT2D eigenvalue weighted by molar-refractivity contribution is 7.22. The number of thiazole rings is 1. The normalized spacial score (nSPS) is 11.0. The molecule has 0 atom stereocenters. The van der Waals surface area contributed by atoms with E-state index in [9.17, 15) is 9.59 Å². The Morgan fingerprint density at radius 1 is 0.857 bits per heavy atom. The summed E-state index contributed by atoms with van der Waals surface area (Å²) in [7, 11) is 0. The molecule has 2 aromatic heterocycles. The van der Waals surface area contributed by atoms with Crippen molar-refractivity contribution in [3.8, 4) is 0 Å². The van der Waals surface area contributed by atoms with Crippen LogP contribution in [0.4, 0.5) is 10.8 Å². The third-order valence-electron chi connectivity index (χ3n) is 4.27. The van der Waals surface area contributed by atoms with E-state index in [1.54, 1.807) is 24.3 Å². The molecule has 2 heterocycles. The summed E-state index contributed by atoms with van der Waals surface area (Å²) < 4.78 is 0.872. The number of aromatic nitrogens is 3. The lowest BCUT2D eigenvalue weighted by molar-refractivity contribution is -0.114. The molecule has 0 aliphatic rings. The molecular formula is C20H17N5O2S. The maximum absolute atomic E-state index is 12.6. The molecule has 0 radical (unpaired) electrons. The number of hydrogen-bond donors (Lipinski definition) is 2. The first-order valence-electron chi connectivity index (χ1n) is 8.63. The second kappa shape index (κ2) is 6.97. The van der Waals surface area contributed by atoms with E-state index in [2.05, 4.69) is 25.6 Å². The average Bonchev–Trinajstić information content (AvgIpc) is 3.03. The third kappa shape index (κ3) is 3.54. The summed E-state index contributed by atoms with van der Waals surface area (Å²) in [4.78, 5) is 37.3. The number of carbonyl (C=O) groups excluding carboxylic acids is 2. The first kappa shape index (κ1) is 18.0. The molecular weight excluding hydrogens is 374 g/mol. The van der Waals surface area contributed by atoms with E-state index in [0.717, 1.165) is 27.1 Å². The van der Waals surface area contributed by atoms with Crippen molar-refractivity contribution < 1.29 is 9.59 Å². The monoisotopic (exact) mass is 391 g/mol. The SMILES string of the molecule is CC(=O)Nc1ccc2nc(NC(=O)c3ccc4nc(C)c(C)nc4c3)sc2c1. The van der Waals surface area contributed by atoms with Crippen molar-refractivity contribution in [2.24, 2.45) is 0 Å². The van der Waals surface area contributed by atoms with Crippen LogP contribution in [0, 0.1) is 13.8 Å². The van der Waals surface area contributed by atoms with Gasteiger partial charge in [0.1, 0.15) is 0 Å². The minimum Gasteiger partial charge on any atom is -0.326 e. The second-order valence-corrected chi connectivity index (χ2v) is 7.47. The lowest BCUT2D eigenvalue weighted by atomic mass is 10.1. The molecule has 7 nitrogen and oxygen atoms in total. The Morgan fingerprint density at radius 3 is 2.32 bits per heavy atom. The van der Waals surface area contributed by atoms with Gasteiger partial charge in [0.05, 0.1) is 32.6 Å². The van der Waals surface area contributed by atoms with Gasteiger partial charge >= 0.3 is 0 Å². The molecule has 2 N–H and O–H groups in total. The number of fused-ring (bicyclic) bond motifs is 2. The third-order valence-corrected chi connectivity index (χ3v) is 5.20. The van der Waals surface area contributed by atoms with Crippen molar-refractivity contribution in [1.29, 1.82) is 0 Å². The van der Waals surface area contributed by atoms with Crippen LogP contribution in [0.5, 0.6) is 0 Å². The van der Waals surface area contributed by atoms with Crippen LogP contribution in [-0.2, 0) is 4.79 Å². The zero-order valence-electron chi connectivity index (χ0n) is 15.5. The number of amides is 2. The molecule has 0 fully saturated rings. The molecule has 0 spiro atoms. The minimum absolute atomic E-state index is 0.137. The Labute approximate surface area is 164 Å². The molecule has 140 valence electrons. The second-order valence-electron chi connectivity index (χ2n) is 6.43. The van der Waals surface area contributed by atoms with E-state index < -0.39 is 0 Å². The lowest BCUT2D eigenvalue weighted by Gasteiger charge is -2.05. The number of anilines is 2. The van der Waals surface area contributed by atoms with Gasteiger partial charge in [-0.25, -0.2) is 15.0 Å². The maximum atomic E-state index is 12.6. The molecule has 0 saturated carbocycles. The van der Waals surface area contributed by atoms with Crippen molar-refractivity contribution in [3.05, 3.63) is 53.3 Å². The zero-order chi connectivity index (χ0) is 19.8. The summed E-state index contributed by atoms with van der Waals surface area (Å²) in [5.74, 6) is -0.398. The number of benzene rings is 2. The number of hydrogen-bond acceptors (Lipinski definition) is 6. The van der Waals surface area contributed by atoms with Gasteiger partial charge in [-0.2, -0.15) is 0 Å². The first-order valence-corrected chi connectivity index (χ1v) is 9.45. The smallest absolute Gasteiger partial charge is 0.257 e. The largest absolute Gasteiger partial charge is 0.326 e. The predicted octanol–water partition coefficient (Wildman–Crippen LogP) is 4.07. The number of rotatable bonds is 3. The van der Waals surface area contributed by atoms with Crippen molar-refractivity contribution in [2.45, 2.75) is 20.8 Å². The maximum Gasteiger partial charge on any atom is 0.257 e. The molecule has 8 heteroatoms. The van der Waals surface area contributed by atoms with E-state index in [0.29, 0.717) is 21.9 Å². The molecule has 0 aliphatic carbocycles. The standard InChI is InChI=1S/C20H17N5O2S/c1-10-11(2)22-17-8-13(4-6-15(17)21-10)19(27)25-20-24-16-7-5-14(23-12(3)26)9-18(16)28-20/h4-9H,1-3H3,(H,23,26)(H,24,25,27). The number of aryl methyl sites for hydroxylation is 2. The molecule has 2 amide bonds. The molecule has 0 unspecified atom stereocenters. The van der Waals surface area contributed by atoms with Crippen LogP contribution in [0.2, 0.25) is 0 Å². The molecule has 0 aliphatic heterocycles. The van der Waals surface area contributed by atoms with Gasteiger partial charge in [-0.15, -0.1) is 0 Å². The summed E-state index contributed by atoms with van der Waals surface area (Å²) in [6.07, 6.45) is 0. The van der Waals surface area contributed by atoms with Crippen LogP contribution in [0.3, 0.4) is 0 Å². The van der Waals surface area contributed by atoms with Gasteiger partial charge in [0, 0.05) is 18.2 Å². The van der Waals surface area contributed by atoms with Gasteiger partial charge < -0.3 is 5.32 Å². The molecule has 4 rings (SSSR count). The van der Waals surface area contributed by atoms with Crippen molar-refractivity contribution in [1.82, 2.24) is 15.0 Å². The van der Waals surface area contributed by atoms with Crippen molar-refractivity contribution in [3.63, 3.8) is 0 Å². The number of carbonyl (C=O) groups is 2. The highest BCUT2D eigenvalue weighted by atomic mass is 32.1. The number of nitrogens with zero attached hydrogens (tertiary/aromatic N) is 3. The van der Waals surface area contributed by atoms with Gasteiger partial charge in [0.15, 0.2) is 5.13 Å². The summed E-state index contributed by atoms with van der Waals surface area (Å²) in [6.45, 7) is 5.26. The lowest BCUT2D eigenvalue weighted by Crippen LogP contribution is -2.11. The zero-order valence-corrected chi connectivity index (χ0v) is 16.3. The fourth-order valence-corrected chi connectivity index (χ4v) is 3.70. The van der Waals surface area contributed by atoms with Gasteiger partial charge in [-0.3, -0.25) is 14.9 Å². The Kier molecular flexibility index (Phi) is 4.48. The Hall–Kier alpha value is -3.39. The quantitative estimate of drug-likeness (QED) is 0.549. The van der Waals surface area contributed by atoms with E-state index in [1.807, 2.05) is 26.0 Å². The Balaban J connectivity index is 1.60. The molecule has 2 aromatic carbocycles. The Morgan fingerprint density at radius 2 is 1.57 bits per heavy atom.